The van der Waals surface area contributed by atoms with Crippen molar-refractivity contribution < 1.29 is 64.5 Å². The molecule has 5 N–H and O–H groups in total. The fraction of sp³-hybridized carbons (Fsp3) is 0.600. The number of rotatable bonds is 8. The molecular formula is C40H57ClF6N6O8. The van der Waals surface area contributed by atoms with Gasteiger partial charge in [0, 0.05) is 44.8 Å². The lowest BCUT2D eigenvalue weighted by molar-refractivity contribution is -0.275. The third kappa shape index (κ3) is 22.1. The van der Waals surface area contributed by atoms with Crippen LogP contribution in [0.2, 0.25) is 0 Å². The molecule has 3 heterocycles. The first-order valence-corrected chi connectivity index (χ1v) is 19.4. The minimum Gasteiger partial charge on any atom is -0.444 e. The van der Waals surface area contributed by atoms with Crippen LogP contribution in [0.15, 0.2) is 48.5 Å². The van der Waals surface area contributed by atoms with E-state index in [9.17, 15) is 45.5 Å². The highest BCUT2D eigenvalue weighted by Gasteiger charge is 2.33. The van der Waals surface area contributed by atoms with Crippen LogP contribution in [0.25, 0.3) is 0 Å². The molecule has 0 radical (unpaired) electrons. The number of amides is 4. The first-order chi connectivity index (χ1) is 27.7. The van der Waals surface area contributed by atoms with Crippen LogP contribution in [-0.4, -0.2) is 115 Å². The van der Waals surface area contributed by atoms with E-state index >= 15 is 0 Å². The Balaban J connectivity index is 0.000000332. The van der Waals surface area contributed by atoms with Crippen molar-refractivity contribution in [2.45, 2.75) is 116 Å². The molecule has 2 aromatic carbocycles. The van der Waals surface area contributed by atoms with Crippen LogP contribution in [0.3, 0.4) is 0 Å². The van der Waals surface area contributed by atoms with Crippen molar-refractivity contribution in [3.63, 3.8) is 0 Å². The van der Waals surface area contributed by atoms with Crippen molar-refractivity contribution in [1.29, 1.82) is 0 Å². The fourth-order valence-electron chi connectivity index (χ4n) is 6.04. The molecule has 4 amide bonds. The summed E-state index contributed by atoms with van der Waals surface area (Å²) in [6.45, 7) is 14.7. The molecule has 3 saturated heterocycles. The zero-order valence-corrected chi connectivity index (χ0v) is 35.9. The summed E-state index contributed by atoms with van der Waals surface area (Å²) in [5.41, 5.74) is 5.94. The van der Waals surface area contributed by atoms with Gasteiger partial charge in [0.15, 0.2) is 0 Å². The fourth-order valence-corrected chi connectivity index (χ4v) is 6.04. The first kappa shape index (κ1) is 52.4. The van der Waals surface area contributed by atoms with Crippen LogP contribution in [0.4, 0.5) is 35.9 Å². The second-order valence-corrected chi connectivity index (χ2v) is 16.4. The summed E-state index contributed by atoms with van der Waals surface area (Å²) < 4.78 is 90.3. The number of nitrogens with zero attached hydrogens (tertiary/aromatic N) is 2. The molecule has 5 rings (SSSR count). The molecule has 3 fully saturated rings. The SMILES string of the molecule is CC(C)(C)OC(=O)N[C@H]1CCN(C(=O)Cc2ccc(OC(F)(F)F)cc2)C1.CC(C)(C)OC(=O)N[C@H]1CCNC1.Cl.N[C@H]1CCN(C(=O)Cc2ccc(OC(F)(F)F)cc2)C1. The number of hydrogen-bond donors (Lipinski definition) is 4. The number of ether oxygens (including phenoxy) is 4. The topological polar surface area (TPSA) is 174 Å². The molecular weight excluding hydrogens is 842 g/mol. The minimum absolute atomic E-state index is 0. The van der Waals surface area contributed by atoms with Gasteiger partial charge in [-0.25, -0.2) is 9.59 Å². The Morgan fingerprint density at radius 1 is 0.656 bits per heavy atom. The van der Waals surface area contributed by atoms with Gasteiger partial charge >= 0.3 is 24.9 Å². The predicted octanol–water partition coefficient (Wildman–Crippen LogP) is 6.24. The van der Waals surface area contributed by atoms with Gasteiger partial charge < -0.3 is 50.4 Å². The molecule has 21 heteroatoms. The third-order valence-electron chi connectivity index (χ3n) is 8.64. The van der Waals surface area contributed by atoms with E-state index in [0.29, 0.717) is 43.7 Å². The van der Waals surface area contributed by atoms with Crippen LogP contribution >= 0.6 is 12.4 Å². The molecule has 2 aromatic rings. The Morgan fingerprint density at radius 2 is 1.07 bits per heavy atom. The van der Waals surface area contributed by atoms with E-state index in [0.717, 1.165) is 25.9 Å². The van der Waals surface area contributed by atoms with E-state index < -0.39 is 30.0 Å². The van der Waals surface area contributed by atoms with E-state index in [-0.39, 0.29) is 72.8 Å². The Kier molecular flexibility index (Phi) is 19.7. The van der Waals surface area contributed by atoms with Crippen LogP contribution in [0, 0.1) is 0 Å². The van der Waals surface area contributed by atoms with Crippen LogP contribution in [0.5, 0.6) is 11.5 Å². The number of likely N-dealkylation sites (tertiary alicyclic amines) is 2. The van der Waals surface area contributed by atoms with Gasteiger partial charge in [0.25, 0.3) is 0 Å². The van der Waals surface area contributed by atoms with Gasteiger partial charge in [0.2, 0.25) is 11.8 Å². The van der Waals surface area contributed by atoms with E-state index in [1.807, 2.05) is 20.8 Å². The van der Waals surface area contributed by atoms with E-state index in [1.54, 1.807) is 30.6 Å². The smallest absolute Gasteiger partial charge is 0.444 e. The summed E-state index contributed by atoms with van der Waals surface area (Å²) in [6.07, 6.45) is -7.70. The molecule has 3 atom stereocenters. The Labute approximate surface area is 357 Å². The van der Waals surface area contributed by atoms with Gasteiger partial charge in [-0.15, -0.1) is 38.7 Å². The van der Waals surface area contributed by atoms with Crippen LogP contribution in [-0.2, 0) is 31.9 Å². The maximum atomic E-state index is 12.4. The molecule has 0 spiro atoms. The van der Waals surface area contributed by atoms with E-state index in [4.69, 9.17) is 15.2 Å². The van der Waals surface area contributed by atoms with E-state index in [1.165, 1.54) is 48.5 Å². The van der Waals surface area contributed by atoms with Gasteiger partial charge in [-0.3, -0.25) is 9.59 Å². The number of carbonyl (C=O) groups is 4. The summed E-state index contributed by atoms with van der Waals surface area (Å²) in [5, 5.41) is 8.72. The predicted molar refractivity (Wildman–Crippen MR) is 215 cm³/mol. The Bertz CT molecular complexity index is 1700. The average Bonchev–Trinajstić information content (AvgIpc) is 3.87. The normalized spacial score (nSPS) is 18.9. The quantitative estimate of drug-likeness (QED) is 0.223. The average molecular weight is 899 g/mol. The number of halogens is 7. The van der Waals surface area contributed by atoms with Gasteiger partial charge in [0.05, 0.1) is 18.9 Å². The zero-order valence-electron chi connectivity index (χ0n) is 35.0. The first-order valence-electron chi connectivity index (χ1n) is 19.4. The van der Waals surface area contributed by atoms with Crippen molar-refractivity contribution in [1.82, 2.24) is 25.8 Å². The number of nitrogens with one attached hydrogen (secondary N) is 3. The number of carbonyl (C=O) groups excluding carboxylic acids is 4. The number of alkyl halides is 6. The molecule has 0 bridgehead atoms. The molecule has 344 valence electrons. The summed E-state index contributed by atoms with van der Waals surface area (Å²) in [5.74, 6) is -0.853. The maximum Gasteiger partial charge on any atom is 0.573 e. The van der Waals surface area contributed by atoms with E-state index in [2.05, 4.69) is 25.4 Å². The lowest BCUT2D eigenvalue weighted by Gasteiger charge is -2.22. The molecule has 3 aliphatic rings. The lowest BCUT2D eigenvalue weighted by atomic mass is 10.1. The van der Waals surface area contributed by atoms with Crippen molar-refractivity contribution in [2.75, 3.05) is 39.3 Å². The highest BCUT2D eigenvalue weighted by atomic mass is 35.5. The molecule has 14 nitrogen and oxygen atoms in total. The van der Waals surface area contributed by atoms with Gasteiger partial charge in [0.1, 0.15) is 22.7 Å². The highest BCUT2D eigenvalue weighted by molar-refractivity contribution is 5.85. The summed E-state index contributed by atoms with van der Waals surface area (Å²) in [7, 11) is 0. The van der Waals surface area contributed by atoms with Crippen molar-refractivity contribution >= 4 is 36.4 Å². The molecule has 0 aromatic heterocycles. The molecule has 0 unspecified atom stereocenters. The standard InChI is InChI=1S/C18H23F3N2O4.C13H15F3N2O2.C9H18N2O2.ClH/c1-17(2,3)27-16(25)22-13-8-9-23(11-13)15(24)10-12-4-6-14(7-5-12)26-18(19,20)21;14-13(15,16)20-11-3-1-9(2-4-11)7-12(19)18-6-5-10(17)8-18;1-9(2,3)13-8(12)11-7-4-5-10-6-7;/h4-7,13H,8-11H2,1-3H3,(H,22,25);1-4,10H,5-8,17H2;7,10H,4-6H2,1-3H3,(H,11,12);1H/t13-;10-;7-;/m000./s1. The van der Waals surface area contributed by atoms with Gasteiger partial charge in [-0.1, -0.05) is 24.3 Å². The maximum absolute atomic E-state index is 12.4. The van der Waals surface area contributed by atoms with Crippen molar-refractivity contribution in [3.8, 4) is 11.5 Å². The Hall–Kier alpha value is -4.69. The zero-order chi connectivity index (χ0) is 44.9. The summed E-state index contributed by atoms with van der Waals surface area (Å²) >= 11 is 0. The van der Waals surface area contributed by atoms with Crippen molar-refractivity contribution in [3.05, 3.63) is 59.7 Å². The highest BCUT2D eigenvalue weighted by Crippen LogP contribution is 2.25. The second-order valence-electron chi connectivity index (χ2n) is 16.4. The minimum atomic E-state index is -4.75. The Morgan fingerprint density at radius 3 is 1.43 bits per heavy atom. The monoisotopic (exact) mass is 898 g/mol. The second kappa shape index (κ2) is 23.0. The molecule has 61 heavy (non-hydrogen) atoms. The largest absolute Gasteiger partial charge is 0.573 e. The number of benzene rings is 2. The third-order valence-corrected chi connectivity index (χ3v) is 8.64. The van der Waals surface area contributed by atoms with Crippen LogP contribution in [0.1, 0.15) is 71.9 Å². The summed E-state index contributed by atoms with van der Waals surface area (Å²) in [6, 6.07) is 10.6. The van der Waals surface area contributed by atoms with Crippen LogP contribution < -0.4 is 31.2 Å². The number of nitrogens with two attached hydrogens (primary N) is 1. The summed E-state index contributed by atoms with van der Waals surface area (Å²) in [4.78, 5) is 50.6. The van der Waals surface area contributed by atoms with Gasteiger partial charge in [-0.2, -0.15) is 0 Å². The lowest BCUT2D eigenvalue weighted by Crippen LogP contribution is -2.41. The van der Waals surface area contributed by atoms with Crippen molar-refractivity contribution in [2.24, 2.45) is 5.73 Å². The molecule has 0 saturated carbocycles. The van der Waals surface area contributed by atoms with Gasteiger partial charge in [-0.05, 0) is 103 Å². The number of alkyl carbamates (subject to hydrolysis) is 2. The molecule has 3 aliphatic heterocycles. The number of hydrogen-bond acceptors (Lipinski definition) is 10. The molecule has 0 aliphatic carbocycles.